The number of rotatable bonds is 3. The third-order valence-corrected chi connectivity index (χ3v) is 2.96. The Morgan fingerprint density at radius 2 is 1.62 bits per heavy atom. The van der Waals surface area contributed by atoms with Gasteiger partial charge in [0.05, 0.1) is 0 Å². The number of hydrogen-bond acceptors (Lipinski definition) is 0. The molecule has 0 saturated heterocycles. The average Bonchev–Trinajstić information content (AvgIpc) is 2.39. The molecule has 0 spiro atoms. The Balaban J connectivity index is 2.36. The molecule has 0 heterocycles. The molecular weight excluding hydrogens is 192 g/mol. The largest absolute Gasteiger partial charge is 0.0648 e. The predicted molar refractivity (Wildman–Crippen MR) is 70.3 cm³/mol. The molecule has 0 heteroatoms. The Labute approximate surface area is 97.9 Å². The van der Waals surface area contributed by atoms with E-state index in [0.717, 1.165) is 6.42 Å². The van der Waals surface area contributed by atoms with E-state index in [1.165, 1.54) is 16.7 Å². The van der Waals surface area contributed by atoms with Gasteiger partial charge in [0.15, 0.2) is 0 Å². The minimum Gasteiger partial charge on any atom is -0.0648 e. The molecule has 1 unspecified atom stereocenters. The van der Waals surface area contributed by atoms with Crippen molar-refractivity contribution < 1.29 is 0 Å². The SMILES string of the molecule is [CH2]C(CC)c1cccc(-c2ccccc2)c1. The Hall–Kier alpha value is -1.56. The van der Waals surface area contributed by atoms with Crippen LogP contribution < -0.4 is 0 Å². The molecule has 0 aliphatic carbocycles. The first-order chi connectivity index (χ1) is 7.81. The summed E-state index contributed by atoms with van der Waals surface area (Å²) in [4.78, 5) is 0. The van der Waals surface area contributed by atoms with E-state index in [4.69, 9.17) is 0 Å². The van der Waals surface area contributed by atoms with Gasteiger partial charge in [0.25, 0.3) is 0 Å². The van der Waals surface area contributed by atoms with Crippen LogP contribution in [0.25, 0.3) is 11.1 Å². The van der Waals surface area contributed by atoms with Gasteiger partial charge in [0.2, 0.25) is 0 Å². The zero-order valence-electron chi connectivity index (χ0n) is 9.69. The van der Waals surface area contributed by atoms with Crippen molar-refractivity contribution >= 4 is 0 Å². The number of hydrogen-bond donors (Lipinski definition) is 0. The fourth-order valence-electron chi connectivity index (χ4n) is 1.84. The van der Waals surface area contributed by atoms with Crippen LogP contribution in [-0.2, 0) is 0 Å². The average molecular weight is 209 g/mol. The van der Waals surface area contributed by atoms with Crippen LogP contribution in [-0.4, -0.2) is 0 Å². The molecule has 0 N–H and O–H groups in total. The molecule has 0 aromatic heterocycles. The quantitative estimate of drug-likeness (QED) is 0.688. The van der Waals surface area contributed by atoms with E-state index in [1.807, 2.05) is 6.07 Å². The van der Waals surface area contributed by atoms with Crippen LogP contribution in [0.3, 0.4) is 0 Å². The van der Waals surface area contributed by atoms with Gasteiger partial charge in [0, 0.05) is 0 Å². The summed E-state index contributed by atoms with van der Waals surface area (Å²) in [6.07, 6.45) is 1.08. The van der Waals surface area contributed by atoms with Gasteiger partial charge in [-0.15, -0.1) is 0 Å². The van der Waals surface area contributed by atoms with Gasteiger partial charge < -0.3 is 0 Å². The summed E-state index contributed by atoms with van der Waals surface area (Å²) in [6, 6.07) is 19.2. The Morgan fingerprint density at radius 3 is 2.31 bits per heavy atom. The van der Waals surface area contributed by atoms with E-state index in [-0.39, 0.29) is 0 Å². The topological polar surface area (TPSA) is 0 Å². The lowest BCUT2D eigenvalue weighted by molar-refractivity contribution is 0.802. The minimum atomic E-state index is 0.392. The fourth-order valence-corrected chi connectivity index (χ4v) is 1.84. The summed E-state index contributed by atoms with van der Waals surface area (Å²) < 4.78 is 0. The molecule has 1 radical (unpaired) electrons. The van der Waals surface area contributed by atoms with E-state index in [1.54, 1.807) is 0 Å². The first-order valence-corrected chi connectivity index (χ1v) is 5.79. The van der Waals surface area contributed by atoms with Crippen molar-refractivity contribution in [3.8, 4) is 11.1 Å². The fraction of sp³-hybridized carbons (Fsp3) is 0.188. The molecule has 0 aliphatic rings. The van der Waals surface area contributed by atoms with Gasteiger partial charge in [-0.3, -0.25) is 0 Å². The highest BCUT2D eigenvalue weighted by Gasteiger charge is 2.04. The maximum absolute atomic E-state index is 4.16. The molecule has 2 rings (SSSR count). The van der Waals surface area contributed by atoms with Crippen LogP contribution in [0.4, 0.5) is 0 Å². The number of benzene rings is 2. The van der Waals surface area contributed by atoms with E-state index in [9.17, 15) is 0 Å². The van der Waals surface area contributed by atoms with Gasteiger partial charge in [-0.05, 0) is 36.0 Å². The molecule has 0 fully saturated rings. The highest BCUT2D eigenvalue weighted by Crippen LogP contribution is 2.25. The van der Waals surface area contributed by atoms with Crippen molar-refractivity contribution in [3.63, 3.8) is 0 Å². The summed E-state index contributed by atoms with van der Waals surface area (Å²) in [5.74, 6) is 0.392. The second kappa shape index (κ2) is 4.98. The van der Waals surface area contributed by atoms with Gasteiger partial charge in [0.1, 0.15) is 0 Å². The molecule has 2 aromatic rings. The van der Waals surface area contributed by atoms with Crippen LogP contribution >= 0.6 is 0 Å². The van der Waals surface area contributed by atoms with Gasteiger partial charge in [-0.2, -0.15) is 0 Å². The maximum Gasteiger partial charge on any atom is -0.0164 e. The monoisotopic (exact) mass is 209 g/mol. The normalized spacial score (nSPS) is 12.4. The van der Waals surface area contributed by atoms with Gasteiger partial charge in [-0.1, -0.05) is 61.5 Å². The predicted octanol–water partition coefficient (Wildman–Crippen LogP) is 4.68. The Kier molecular flexibility index (Phi) is 3.40. The Morgan fingerprint density at radius 1 is 0.938 bits per heavy atom. The summed E-state index contributed by atoms with van der Waals surface area (Å²) in [6.45, 7) is 6.34. The maximum atomic E-state index is 4.16. The van der Waals surface area contributed by atoms with Crippen LogP contribution in [0.15, 0.2) is 54.6 Å². The van der Waals surface area contributed by atoms with Crippen molar-refractivity contribution in [2.75, 3.05) is 0 Å². The zero-order valence-corrected chi connectivity index (χ0v) is 9.69. The van der Waals surface area contributed by atoms with E-state index >= 15 is 0 Å². The first kappa shape index (κ1) is 10.9. The summed E-state index contributed by atoms with van der Waals surface area (Å²) >= 11 is 0. The molecule has 0 bridgehead atoms. The second-order valence-corrected chi connectivity index (χ2v) is 4.10. The lowest BCUT2D eigenvalue weighted by Crippen LogP contribution is -1.91. The summed E-state index contributed by atoms with van der Waals surface area (Å²) in [5, 5.41) is 0. The van der Waals surface area contributed by atoms with Gasteiger partial charge >= 0.3 is 0 Å². The highest BCUT2D eigenvalue weighted by molar-refractivity contribution is 5.64. The van der Waals surface area contributed by atoms with Crippen LogP contribution in [0.1, 0.15) is 24.8 Å². The first-order valence-electron chi connectivity index (χ1n) is 5.79. The molecule has 16 heavy (non-hydrogen) atoms. The lowest BCUT2D eigenvalue weighted by Gasteiger charge is -2.10. The minimum absolute atomic E-state index is 0.392. The zero-order chi connectivity index (χ0) is 11.4. The Bertz CT molecular complexity index is 443. The van der Waals surface area contributed by atoms with Crippen molar-refractivity contribution in [1.29, 1.82) is 0 Å². The van der Waals surface area contributed by atoms with Crippen molar-refractivity contribution in [1.82, 2.24) is 0 Å². The van der Waals surface area contributed by atoms with E-state index in [0.29, 0.717) is 5.92 Å². The third-order valence-electron chi connectivity index (χ3n) is 2.96. The molecule has 0 saturated carbocycles. The van der Waals surface area contributed by atoms with Gasteiger partial charge in [-0.25, -0.2) is 0 Å². The van der Waals surface area contributed by atoms with E-state index < -0.39 is 0 Å². The summed E-state index contributed by atoms with van der Waals surface area (Å²) in [5.41, 5.74) is 3.87. The molecule has 2 aromatic carbocycles. The summed E-state index contributed by atoms with van der Waals surface area (Å²) in [7, 11) is 0. The van der Waals surface area contributed by atoms with Crippen molar-refractivity contribution in [2.45, 2.75) is 19.3 Å². The van der Waals surface area contributed by atoms with Crippen LogP contribution in [0, 0.1) is 6.92 Å². The molecule has 81 valence electrons. The van der Waals surface area contributed by atoms with Crippen LogP contribution in [0.5, 0.6) is 0 Å². The molecule has 0 amide bonds. The molecule has 0 nitrogen and oxygen atoms in total. The lowest BCUT2D eigenvalue weighted by atomic mass is 9.95. The van der Waals surface area contributed by atoms with Crippen molar-refractivity contribution in [3.05, 3.63) is 67.1 Å². The standard InChI is InChI=1S/C16H17/c1-3-13(2)15-10-7-11-16(12-15)14-8-5-4-6-9-14/h4-13H,2-3H2,1H3. The van der Waals surface area contributed by atoms with E-state index in [2.05, 4.69) is 62.4 Å². The van der Waals surface area contributed by atoms with Crippen LogP contribution in [0.2, 0.25) is 0 Å². The molecule has 1 atom stereocenters. The molecule has 0 aliphatic heterocycles. The van der Waals surface area contributed by atoms with Crippen molar-refractivity contribution in [2.24, 2.45) is 0 Å². The highest BCUT2D eigenvalue weighted by atomic mass is 14.1. The smallest absolute Gasteiger partial charge is 0.0164 e. The third kappa shape index (κ3) is 2.33. The second-order valence-electron chi connectivity index (χ2n) is 4.10. The molecular formula is C16H17.